The molecule has 6 nitrogen and oxygen atoms in total. The minimum absolute atomic E-state index is 0.922. The van der Waals surface area contributed by atoms with Gasteiger partial charge in [-0.25, -0.2) is 9.97 Å². The van der Waals surface area contributed by atoms with Crippen molar-refractivity contribution in [2.24, 2.45) is 0 Å². The summed E-state index contributed by atoms with van der Waals surface area (Å²) < 4.78 is 5.23. The minimum atomic E-state index is 0.922. The first-order valence-electron chi connectivity index (χ1n) is 7.37. The molecule has 3 rings (SSSR count). The molecular formula is C15H21N5O. The molecule has 21 heavy (non-hydrogen) atoms. The van der Waals surface area contributed by atoms with E-state index in [1.165, 1.54) is 5.56 Å². The van der Waals surface area contributed by atoms with Crippen LogP contribution in [0.4, 0.5) is 5.82 Å². The van der Waals surface area contributed by atoms with Gasteiger partial charge in [-0.2, -0.15) is 0 Å². The smallest absolute Gasteiger partial charge is 0.137 e. The predicted octanol–water partition coefficient (Wildman–Crippen LogP) is 2.01. The van der Waals surface area contributed by atoms with Gasteiger partial charge in [-0.05, 0) is 19.8 Å². The number of rotatable bonds is 5. The summed E-state index contributed by atoms with van der Waals surface area (Å²) in [6.45, 7) is 4.88. The van der Waals surface area contributed by atoms with Crippen molar-refractivity contribution in [1.82, 2.24) is 20.0 Å². The normalized spacial score (nSPS) is 15.2. The Hall–Kier alpha value is -1.95. The molecular weight excluding hydrogens is 266 g/mol. The molecule has 0 saturated heterocycles. The average Bonchev–Trinajstić information content (AvgIpc) is 2.89. The molecule has 1 aliphatic rings. The summed E-state index contributed by atoms with van der Waals surface area (Å²) in [5.41, 5.74) is 2.16. The Morgan fingerprint density at radius 1 is 1.33 bits per heavy atom. The van der Waals surface area contributed by atoms with E-state index in [2.05, 4.69) is 32.0 Å². The highest BCUT2D eigenvalue weighted by Crippen LogP contribution is 2.22. The first kappa shape index (κ1) is 14.0. The van der Waals surface area contributed by atoms with E-state index in [1.54, 1.807) is 6.33 Å². The molecule has 0 amide bonds. The Labute approximate surface area is 124 Å². The van der Waals surface area contributed by atoms with E-state index in [0.717, 1.165) is 56.3 Å². The van der Waals surface area contributed by atoms with E-state index in [4.69, 9.17) is 4.52 Å². The van der Waals surface area contributed by atoms with Crippen LogP contribution < -0.4 is 4.90 Å². The Morgan fingerprint density at radius 2 is 2.24 bits per heavy atom. The van der Waals surface area contributed by atoms with Crippen LogP contribution in [0.2, 0.25) is 0 Å². The van der Waals surface area contributed by atoms with Crippen LogP contribution in [0.3, 0.4) is 0 Å². The number of fused-ring (bicyclic) bond motifs is 1. The maximum Gasteiger partial charge on any atom is 0.137 e. The molecule has 0 aromatic carbocycles. The molecule has 0 aliphatic carbocycles. The van der Waals surface area contributed by atoms with Gasteiger partial charge in [0.25, 0.3) is 0 Å². The number of anilines is 1. The van der Waals surface area contributed by atoms with Gasteiger partial charge in [0, 0.05) is 44.4 Å². The zero-order chi connectivity index (χ0) is 14.7. The van der Waals surface area contributed by atoms with Crippen LogP contribution >= 0.6 is 0 Å². The number of nitrogens with zero attached hydrogens (tertiary/aromatic N) is 5. The molecule has 0 saturated carbocycles. The van der Waals surface area contributed by atoms with Crippen LogP contribution in [0, 0.1) is 6.92 Å². The van der Waals surface area contributed by atoms with Crippen molar-refractivity contribution in [1.29, 1.82) is 0 Å². The highest BCUT2D eigenvalue weighted by molar-refractivity contribution is 5.46. The van der Waals surface area contributed by atoms with Crippen LogP contribution in [-0.2, 0) is 13.0 Å². The lowest BCUT2D eigenvalue weighted by Gasteiger charge is -2.34. The third-order valence-corrected chi connectivity index (χ3v) is 3.76. The van der Waals surface area contributed by atoms with E-state index in [0.29, 0.717) is 0 Å². The second-order valence-electron chi connectivity index (χ2n) is 5.66. The van der Waals surface area contributed by atoms with Gasteiger partial charge in [-0.1, -0.05) is 5.16 Å². The third-order valence-electron chi connectivity index (χ3n) is 3.76. The van der Waals surface area contributed by atoms with Crippen molar-refractivity contribution in [3.63, 3.8) is 0 Å². The second kappa shape index (κ2) is 6.22. The third kappa shape index (κ3) is 3.39. The molecule has 0 radical (unpaired) electrons. The van der Waals surface area contributed by atoms with Crippen LogP contribution in [-0.4, -0.2) is 40.3 Å². The van der Waals surface area contributed by atoms with Crippen molar-refractivity contribution in [2.45, 2.75) is 32.7 Å². The van der Waals surface area contributed by atoms with Crippen LogP contribution in [0.5, 0.6) is 0 Å². The van der Waals surface area contributed by atoms with Crippen molar-refractivity contribution in [3.8, 4) is 0 Å². The fourth-order valence-electron chi connectivity index (χ4n) is 2.78. The summed E-state index contributed by atoms with van der Waals surface area (Å²) in [6, 6.07) is 2.02. The lowest BCUT2D eigenvalue weighted by molar-refractivity contribution is 0.248. The first-order valence-corrected chi connectivity index (χ1v) is 7.37. The second-order valence-corrected chi connectivity index (χ2v) is 5.66. The number of hydrogen-bond acceptors (Lipinski definition) is 6. The van der Waals surface area contributed by atoms with Crippen molar-refractivity contribution in [2.75, 3.05) is 25.2 Å². The van der Waals surface area contributed by atoms with Gasteiger partial charge in [0.1, 0.15) is 17.9 Å². The maximum atomic E-state index is 5.23. The number of hydrogen-bond donors (Lipinski definition) is 0. The average molecular weight is 287 g/mol. The van der Waals surface area contributed by atoms with Crippen LogP contribution in [0.1, 0.15) is 29.9 Å². The molecule has 112 valence electrons. The molecule has 0 atom stereocenters. The molecule has 0 N–H and O–H groups in total. The summed E-state index contributed by atoms with van der Waals surface area (Å²) in [4.78, 5) is 13.1. The largest absolute Gasteiger partial charge is 0.361 e. The Balaban J connectivity index is 1.46. The molecule has 6 heteroatoms. The maximum absolute atomic E-state index is 5.23. The molecule has 2 aromatic heterocycles. The molecule has 0 fully saturated rings. The molecule has 3 heterocycles. The van der Waals surface area contributed by atoms with Crippen LogP contribution in [0.15, 0.2) is 23.1 Å². The molecule has 1 aliphatic heterocycles. The number of aryl methyl sites for hydroxylation is 2. The number of unbranched alkanes of at least 4 members (excludes halogenated alkanes) is 1. The first-order chi connectivity index (χ1) is 10.2. The minimum Gasteiger partial charge on any atom is -0.361 e. The SMILES string of the molecule is Cc1cc(CCCCN2Cc3cncnc3N(C)C2)on1. The molecule has 0 bridgehead atoms. The predicted molar refractivity (Wildman–Crippen MR) is 79.9 cm³/mol. The molecule has 0 spiro atoms. The standard InChI is InChI=1S/C15H21N5O/c1-12-7-14(21-18-12)5-3-4-6-20-9-13-8-16-10-17-15(13)19(2)11-20/h7-8,10H,3-6,9,11H2,1-2H3. The van der Waals surface area contributed by atoms with E-state index < -0.39 is 0 Å². The van der Waals surface area contributed by atoms with Crippen LogP contribution in [0.25, 0.3) is 0 Å². The van der Waals surface area contributed by atoms with Gasteiger partial charge < -0.3 is 9.42 Å². The highest BCUT2D eigenvalue weighted by Gasteiger charge is 2.20. The lowest BCUT2D eigenvalue weighted by atomic mass is 10.1. The fourth-order valence-corrected chi connectivity index (χ4v) is 2.78. The summed E-state index contributed by atoms with van der Waals surface area (Å²) >= 11 is 0. The Kier molecular flexibility index (Phi) is 4.15. The van der Waals surface area contributed by atoms with E-state index in [1.807, 2.05) is 19.2 Å². The summed E-state index contributed by atoms with van der Waals surface area (Å²) in [5.74, 6) is 2.04. The van der Waals surface area contributed by atoms with Gasteiger partial charge in [-0.3, -0.25) is 4.90 Å². The van der Waals surface area contributed by atoms with Crippen molar-refractivity contribution < 1.29 is 4.52 Å². The van der Waals surface area contributed by atoms with Gasteiger partial charge >= 0.3 is 0 Å². The zero-order valence-electron chi connectivity index (χ0n) is 12.6. The van der Waals surface area contributed by atoms with Gasteiger partial charge in [0.2, 0.25) is 0 Å². The van der Waals surface area contributed by atoms with Gasteiger partial charge in [0.15, 0.2) is 0 Å². The highest BCUT2D eigenvalue weighted by atomic mass is 16.5. The van der Waals surface area contributed by atoms with E-state index in [-0.39, 0.29) is 0 Å². The topological polar surface area (TPSA) is 58.3 Å². The molecule has 2 aromatic rings. The van der Waals surface area contributed by atoms with Crippen molar-refractivity contribution >= 4 is 5.82 Å². The van der Waals surface area contributed by atoms with E-state index in [9.17, 15) is 0 Å². The Bertz CT molecular complexity index is 597. The quantitative estimate of drug-likeness (QED) is 0.784. The fraction of sp³-hybridized carbons (Fsp3) is 0.533. The zero-order valence-corrected chi connectivity index (χ0v) is 12.6. The summed E-state index contributed by atoms with van der Waals surface area (Å²) in [6.07, 6.45) is 6.76. The summed E-state index contributed by atoms with van der Waals surface area (Å²) in [5, 5.41) is 3.91. The molecule has 0 unspecified atom stereocenters. The number of aromatic nitrogens is 3. The van der Waals surface area contributed by atoms with Gasteiger partial charge in [-0.15, -0.1) is 0 Å². The van der Waals surface area contributed by atoms with Gasteiger partial charge in [0.05, 0.1) is 12.4 Å². The lowest BCUT2D eigenvalue weighted by Crippen LogP contribution is -2.41. The Morgan fingerprint density at radius 3 is 3.05 bits per heavy atom. The van der Waals surface area contributed by atoms with Crippen molar-refractivity contribution in [3.05, 3.63) is 35.6 Å². The van der Waals surface area contributed by atoms with E-state index >= 15 is 0 Å². The monoisotopic (exact) mass is 287 g/mol. The summed E-state index contributed by atoms with van der Waals surface area (Å²) in [7, 11) is 2.08.